The third kappa shape index (κ3) is 3.34. The van der Waals surface area contributed by atoms with Crippen molar-refractivity contribution in [3.63, 3.8) is 0 Å². The van der Waals surface area contributed by atoms with Gasteiger partial charge in [-0.05, 0) is 31.5 Å². The Hall–Kier alpha value is -1.39. The fraction of sp³-hybridized carbons (Fsp3) is 0.364. The van der Waals surface area contributed by atoms with Crippen LogP contribution in [0.4, 0.5) is 5.69 Å². The molecule has 4 heteroatoms. The number of carbonyl (C=O) groups excluding carboxylic acids is 1. The smallest absolute Gasteiger partial charge is 0.255 e. The van der Waals surface area contributed by atoms with Gasteiger partial charge in [-0.3, -0.25) is 4.79 Å². The SMILES string of the molecule is CC(C)(O)C(=O)Nc1ccc(CO)cc1. The van der Waals surface area contributed by atoms with E-state index in [1.165, 1.54) is 13.8 Å². The van der Waals surface area contributed by atoms with Crippen LogP contribution >= 0.6 is 0 Å². The largest absolute Gasteiger partial charge is 0.392 e. The predicted molar refractivity (Wildman–Crippen MR) is 57.3 cm³/mol. The van der Waals surface area contributed by atoms with Crippen LogP contribution < -0.4 is 5.32 Å². The Morgan fingerprint density at radius 2 is 1.87 bits per heavy atom. The van der Waals surface area contributed by atoms with Crippen LogP contribution in [0.25, 0.3) is 0 Å². The highest BCUT2D eigenvalue weighted by molar-refractivity contribution is 5.96. The number of nitrogens with one attached hydrogen (secondary N) is 1. The van der Waals surface area contributed by atoms with Gasteiger partial charge in [0.2, 0.25) is 0 Å². The van der Waals surface area contributed by atoms with Crippen molar-refractivity contribution in [2.75, 3.05) is 5.32 Å². The van der Waals surface area contributed by atoms with E-state index in [0.717, 1.165) is 5.56 Å². The Balaban J connectivity index is 2.70. The molecule has 0 spiro atoms. The minimum absolute atomic E-state index is 0.0281. The van der Waals surface area contributed by atoms with E-state index >= 15 is 0 Å². The first-order chi connectivity index (χ1) is 6.93. The third-order valence-corrected chi connectivity index (χ3v) is 1.95. The molecule has 0 aliphatic heterocycles. The standard InChI is InChI=1S/C11H15NO3/c1-11(2,15)10(14)12-9-5-3-8(7-13)4-6-9/h3-6,13,15H,7H2,1-2H3,(H,12,14). The molecule has 0 atom stereocenters. The minimum atomic E-state index is -1.39. The van der Waals surface area contributed by atoms with Gasteiger partial charge in [-0.1, -0.05) is 12.1 Å². The molecule has 0 saturated carbocycles. The summed E-state index contributed by atoms with van der Waals surface area (Å²) in [5.74, 6) is -0.459. The number of aliphatic hydroxyl groups is 2. The Bertz CT molecular complexity index is 338. The molecule has 0 unspecified atom stereocenters. The number of benzene rings is 1. The van der Waals surface area contributed by atoms with Gasteiger partial charge in [-0.15, -0.1) is 0 Å². The molecular weight excluding hydrogens is 194 g/mol. The van der Waals surface area contributed by atoms with Crippen LogP contribution in [-0.4, -0.2) is 21.7 Å². The van der Waals surface area contributed by atoms with Crippen LogP contribution in [0, 0.1) is 0 Å². The molecule has 15 heavy (non-hydrogen) atoms. The summed E-state index contributed by atoms with van der Waals surface area (Å²) in [5, 5.41) is 20.8. The van der Waals surface area contributed by atoms with Crippen molar-refractivity contribution < 1.29 is 15.0 Å². The molecule has 0 aliphatic rings. The fourth-order valence-electron chi connectivity index (χ4n) is 0.978. The van der Waals surface area contributed by atoms with E-state index in [2.05, 4.69) is 5.32 Å². The Morgan fingerprint density at radius 1 is 1.33 bits per heavy atom. The molecule has 1 rings (SSSR count). The van der Waals surface area contributed by atoms with Crippen LogP contribution in [0.2, 0.25) is 0 Å². The first kappa shape index (κ1) is 11.7. The number of amides is 1. The first-order valence-corrected chi connectivity index (χ1v) is 4.67. The van der Waals surface area contributed by atoms with Crippen molar-refractivity contribution in [2.24, 2.45) is 0 Å². The topological polar surface area (TPSA) is 69.6 Å². The van der Waals surface area contributed by atoms with Crippen LogP contribution in [0.15, 0.2) is 24.3 Å². The van der Waals surface area contributed by atoms with E-state index in [0.29, 0.717) is 5.69 Å². The summed E-state index contributed by atoms with van der Waals surface area (Å²) < 4.78 is 0. The Morgan fingerprint density at radius 3 is 2.27 bits per heavy atom. The molecule has 0 aromatic heterocycles. The molecule has 0 saturated heterocycles. The van der Waals surface area contributed by atoms with E-state index in [4.69, 9.17) is 5.11 Å². The predicted octanol–water partition coefficient (Wildman–Crippen LogP) is 0.888. The molecule has 1 aromatic rings. The Labute approximate surface area is 88.6 Å². The molecule has 3 N–H and O–H groups in total. The van der Waals surface area contributed by atoms with E-state index in [-0.39, 0.29) is 6.61 Å². The molecule has 0 aliphatic carbocycles. The lowest BCUT2D eigenvalue weighted by Crippen LogP contribution is -2.36. The van der Waals surface area contributed by atoms with Crippen LogP contribution in [0.3, 0.4) is 0 Å². The lowest BCUT2D eigenvalue weighted by molar-refractivity contribution is -0.130. The summed E-state index contributed by atoms with van der Waals surface area (Å²) in [6, 6.07) is 6.77. The van der Waals surface area contributed by atoms with Gasteiger partial charge in [-0.2, -0.15) is 0 Å². The maximum atomic E-state index is 11.4. The van der Waals surface area contributed by atoms with Crippen LogP contribution in [-0.2, 0) is 11.4 Å². The number of anilines is 1. The summed E-state index contributed by atoms with van der Waals surface area (Å²) in [6.45, 7) is 2.81. The number of aliphatic hydroxyl groups excluding tert-OH is 1. The molecule has 82 valence electrons. The third-order valence-electron chi connectivity index (χ3n) is 1.95. The van der Waals surface area contributed by atoms with E-state index in [1.807, 2.05) is 0 Å². The summed E-state index contributed by atoms with van der Waals surface area (Å²) in [6.07, 6.45) is 0. The second-order valence-electron chi connectivity index (χ2n) is 3.87. The van der Waals surface area contributed by atoms with Crippen molar-refractivity contribution in [3.8, 4) is 0 Å². The molecular formula is C11H15NO3. The zero-order chi connectivity index (χ0) is 11.5. The van der Waals surface area contributed by atoms with Crippen LogP contribution in [0.1, 0.15) is 19.4 Å². The zero-order valence-electron chi connectivity index (χ0n) is 8.82. The molecule has 0 fully saturated rings. The molecule has 1 aromatic carbocycles. The van der Waals surface area contributed by atoms with Crippen LogP contribution in [0.5, 0.6) is 0 Å². The van der Waals surface area contributed by atoms with Gasteiger partial charge in [0.05, 0.1) is 6.61 Å². The van der Waals surface area contributed by atoms with Gasteiger partial charge < -0.3 is 15.5 Å². The highest BCUT2D eigenvalue weighted by Gasteiger charge is 2.23. The number of hydrogen-bond acceptors (Lipinski definition) is 3. The van der Waals surface area contributed by atoms with E-state index in [1.54, 1.807) is 24.3 Å². The average molecular weight is 209 g/mol. The van der Waals surface area contributed by atoms with Crippen molar-refractivity contribution in [1.29, 1.82) is 0 Å². The highest BCUT2D eigenvalue weighted by Crippen LogP contribution is 2.12. The normalized spacial score (nSPS) is 11.2. The molecule has 1 amide bonds. The lowest BCUT2D eigenvalue weighted by Gasteiger charge is -2.16. The first-order valence-electron chi connectivity index (χ1n) is 4.67. The van der Waals surface area contributed by atoms with Gasteiger partial charge in [0.25, 0.3) is 5.91 Å². The summed E-state index contributed by atoms with van der Waals surface area (Å²) in [4.78, 5) is 11.4. The van der Waals surface area contributed by atoms with Gasteiger partial charge in [0, 0.05) is 5.69 Å². The van der Waals surface area contributed by atoms with Crippen molar-refractivity contribution in [2.45, 2.75) is 26.1 Å². The average Bonchev–Trinajstić information content (AvgIpc) is 2.17. The summed E-state index contributed by atoms with van der Waals surface area (Å²) in [5.41, 5.74) is -0.0223. The highest BCUT2D eigenvalue weighted by atomic mass is 16.3. The van der Waals surface area contributed by atoms with E-state index in [9.17, 15) is 9.90 Å². The lowest BCUT2D eigenvalue weighted by atomic mass is 10.1. The van der Waals surface area contributed by atoms with Crippen molar-refractivity contribution >= 4 is 11.6 Å². The zero-order valence-corrected chi connectivity index (χ0v) is 8.82. The summed E-state index contributed by atoms with van der Waals surface area (Å²) >= 11 is 0. The van der Waals surface area contributed by atoms with Crippen molar-refractivity contribution in [3.05, 3.63) is 29.8 Å². The number of carbonyl (C=O) groups is 1. The second kappa shape index (κ2) is 4.42. The molecule has 4 nitrogen and oxygen atoms in total. The maximum Gasteiger partial charge on any atom is 0.255 e. The van der Waals surface area contributed by atoms with Gasteiger partial charge in [-0.25, -0.2) is 0 Å². The number of rotatable bonds is 3. The molecule has 0 heterocycles. The second-order valence-corrected chi connectivity index (χ2v) is 3.87. The monoisotopic (exact) mass is 209 g/mol. The van der Waals surface area contributed by atoms with Gasteiger partial charge in [0.1, 0.15) is 5.60 Å². The van der Waals surface area contributed by atoms with E-state index < -0.39 is 11.5 Å². The number of hydrogen-bond donors (Lipinski definition) is 3. The maximum absolute atomic E-state index is 11.4. The van der Waals surface area contributed by atoms with Gasteiger partial charge in [0.15, 0.2) is 0 Å². The molecule has 0 bridgehead atoms. The molecule has 0 radical (unpaired) electrons. The van der Waals surface area contributed by atoms with Gasteiger partial charge >= 0.3 is 0 Å². The minimum Gasteiger partial charge on any atom is -0.392 e. The quantitative estimate of drug-likeness (QED) is 0.692. The fourth-order valence-corrected chi connectivity index (χ4v) is 0.978. The Kier molecular flexibility index (Phi) is 3.44. The van der Waals surface area contributed by atoms with Crippen molar-refractivity contribution in [1.82, 2.24) is 0 Å². The summed E-state index contributed by atoms with van der Waals surface area (Å²) in [7, 11) is 0.